The van der Waals surface area contributed by atoms with Crippen LogP contribution in [0, 0.1) is 17.8 Å². The predicted octanol–water partition coefficient (Wildman–Crippen LogP) is 2.74. The van der Waals surface area contributed by atoms with E-state index >= 15 is 0 Å². The molecular weight excluding hydrogens is 260 g/mol. The van der Waals surface area contributed by atoms with Crippen LogP contribution in [0.2, 0.25) is 0 Å². The summed E-state index contributed by atoms with van der Waals surface area (Å²) in [4.78, 5) is 12.0. The SMILES string of the molecule is CC(CC1CC1)NC(=O)CC(C)C1CCCNC1.Cl. The molecule has 2 rings (SSSR count). The lowest BCUT2D eigenvalue weighted by molar-refractivity contribution is -0.123. The number of hydrogen-bond acceptors (Lipinski definition) is 2. The summed E-state index contributed by atoms with van der Waals surface area (Å²) in [5.41, 5.74) is 0. The molecule has 1 aliphatic carbocycles. The summed E-state index contributed by atoms with van der Waals surface area (Å²) in [5, 5.41) is 6.59. The second kappa shape index (κ2) is 8.11. The van der Waals surface area contributed by atoms with Gasteiger partial charge in [0.25, 0.3) is 0 Å². The van der Waals surface area contributed by atoms with Gasteiger partial charge in [0.1, 0.15) is 0 Å². The zero-order valence-electron chi connectivity index (χ0n) is 12.3. The predicted molar refractivity (Wildman–Crippen MR) is 81.6 cm³/mol. The van der Waals surface area contributed by atoms with Gasteiger partial charge in [-0.2, -0.15) is 0 Å². The molecule has 0 aromatic carbocycles. The fourth-order valence-electron chi connectivity index (χ4n) is 3.07. The van der Waals surface area contributed by atoms with Crippen molar-refractivity contribution in [3.8, 4) is 0 Å². The smallest absolute Gasteiger partial charge is 0.220 e. The van der Waals surface area contributed by atoms with Gasteiger partial charge in [-0.05, 0) is 57.0 Å². The van der Waals surface area contributed by atoms with E-state index in [0.717, 1.165) is 19.0 Å². The number of hydrogen-bond donors (Lipinski definition) is 2. The van der Waals surface area contributed by atoms with Crippen LogP contribution in [0.3, 0.4) is 0 Å². The summed E-state index contributed by atoms with van der Waals surface area (Å²) in [6.45, 7) is 6.60. The van der Waals surface area contributed by atoms with Gasteiger partial charge in [-0.3, -0.25) is 4.79 Å². The average molecular weight is 289 g/mol. The maximum atomic E-state index is 12.0. The molecule has 2 N–H and O–H groups in total. The van der Waals surface area contributed by atoms with E-state index in [-0.39, 0.29) is 18.3 Å². The van der Waals surface area contributed by atoms with E-state index in [1.165, 1.54) is 32.1 Å². The Balaban J connectivity index is 0.00000180. The van der Waals surface area contributed by atoms with E-state index in [1.54, 1.807) is 0 Å². The Morgan fingerprint density at radius 1 is 1.32 bits per heavy atom. The Labute approximate surface area is 123 Å². The largest absolute Gasteiger partial charge is 0.354 e. The molecule has 1 amide bonds. The van der Waals surface area contributed by atoms with Crippen LogP contribution in [0.5, 0.6) is 0 Å². The number of carbonyl (C=O) groups is 1. The first-order valence-corrected chi connectivity index (χ1v) is 7.65. The van der Waals surface area contributed by atoms with Crippen LogP contribution in [-0.2, 0) is 4.79 Å². The number of carbonyl (C=O) groups excluding carboxylic acids is 1. The molecule has 2 fully saturated rings. The number of rotatable bonds is 6. The van der Waals surface area contributed by atoms with Crippen LogP contribution in [-0.4, -0.2) is 25.0 Å². The Kier molecular flexibility index (Phi) is 7.16. The topological polar surface area (TPSA) is 41.1 Å². The second-order valence-electron chi connectivity index (χ2n) is 6.44. The Bertz CT molecular complexity index is 275. The van der Waals surface area contributed by atoms with Gasteiger partial charge in [0.05, 0.1) is 0 Å². The molecule has 1 saturated carbocycles. The van der Waals surface area contributed by atoms with E-state index < -0.39 is 0 Å². The Morgan fingerprint density at radius 2 is 2.05 bits per heavy atom. The number of amides is 1. The third-order valence-corrected chi connectivity index (χ3v) is 4.44. The number of nitrogens with one attached hydrogen (secondary N) is 2. The van der Waals surface area contributed by atoms with Crippen molar-refractivity contribution in [3.05, 3.63) is 0 Å². The minimum absolute atomic E-state index is 0. The average Bonchev–Trinajstić information content (AvgIpc) is 3.13. The fourth-order valence-corrected chi connectivity index (χ4v) is 3.07. The molecule has 1 aliphatic heterocycles. The highest BCUT2D eigenvalue weighted by molar-refractivity contribution is 5.85. The van der Waals surface area contributed by atoms with E-state index in [1.807, 2.05) is 0 Å². The van der Waals surface area contributed by atoms with E-state index in [4.69, 9.17) is 0 Å². The van der Waals surface area contributed by atoms with Gasteiger partial charge in [0.15, 0.2) is 0 Å². The summed E-state index contributed by atoms with van der Waals surface area (Å²) in [5.74, 6) is 2.33. The molecular formula is C15H29ClN2O. The van der Waals surface area contributed by atoms with Crippen molar-refractivity contribution in [2.45, 2.75) is 58.4 Å². The van der Waals surface area contributed by atoms with Crippen molar-refractivity contribution in [1.82, 2.24) is 10.6 Å². The summed E-state index contributed by atoms with van der Waals surface area (Å²) < 4.78 is 0. The third kappa shape index (κ3) is 6.13. The maximum Gasteiger partial charge on any atom is 0.220 e. The molecule has 2 aliphatic rings. The highest BCUT2D eigenvalue weighted by atomic mass is 35.5. The van der Waals surface area contributed by atoms with Crippen molar-refractivity contribution in [3.63, 3.8) is 0 Å². The van der Waals surface area contributed by atoms with Crippen LogP contribution < -0.4 is 10.6 Å². The van der Waals surface area contributed by atoms with Crippen LogP contribution in [0.1, 0.15) is 52.4 Å². The molecule has 0 aromatic heterocycles. The minimum atomic E-state index is 0. The molecule has 0 aromatic rings. The fraction of sp³-hybridized carbons (Fsp3) is 0.933. The highest BCUT2D eigenvalue weighted by Gasteiger charge is 2.25. The maximum absolute atomic E-state index is 12.0. The van der Waals surface area contributed by atoms with Crippen LogP contribution in [0.25, 0.3) is 0 Å². The first-order valence-electron chi connectivity index (χ1n) is 7.65. The molecule has 3 atom stereocenters. The highest BCUT2D eigenvalue weighted by Crippen LogP contribution is 2.33. The molecule has 112 valence electrons. The molecule has 0 radical (unpaired) electrons. The van der Waals surface area contributed by atoms with Crippen molar-refractivity contribution in [1.29, 1.82) is 0 Å². The normalized spacial score (nSPS) is 26.1. The van der Waals surface area contributed by atoms with Crippen LogP contribution >= 0.6 is 12.4 Å². The molecule has 1 saturated heterocycles. The molecule has 0 bridgehead atoms. The number of piperidine rings is 1. The quantitative estimate of drug-likeness (QED) is 0.789. The van der Waals surface area contributed by atoms with Gasteiger partial charge in [-0.15, -0.1) is 12.4 Å². The van der Waals surface area contributed by atoms with Gasteiger partial charge >= 0.3 is 0 Å². The summed E-state index contributed by atoms with van der Waals surface area (Å²) in [6.07, 6.45) is 7.13. The molecule has 1 heterocycles. The first kappa shape index (κ1) is 16.8. The van der Waals surface area contributed by atoms with Crippen molar-refractivity contribution in [2.24, 2.45) is 17.8 Å². The van der Waals surface area contributed by atoms with Crippen LogP contribution in [0.4, 0.5) is 0 Å². The van der Waals surface area contributed by atoms with Gasteiger partial charge in [-0.1, -0.05) is 19.8 Å². The standard InChI is InChI=1S/C15H28N2O.ClH/c1-11(14-4-3-7-16-10-14)8-15(18)17-12(2)9-13-5-6-13;/h11-14,16H,3-10H2,1-2H3,(H,17,18);1H. The van der Waals surface area contributed by atoms with E-state index in [0.29, 0.717) is 24.3 Å². The molecule has 0 spiro atoms. The Morgan fingerprint density at radius 3 is 2.63 bits per heavy atom. The van der Waals surface area contributed by atoms with Gasteiger partial charge < -0.3 is 10.6 Å². The van der Waals surface area contributed by atoms with Crippen molar-refractivity contribution >= 4 is 18.3 Å². The van der Waals surface area contributed by atoms with E-state index in [9.17, 15) is 4.79 Å². The molecule has 19 heavy (non-hydrogen) atoms. The number of halogens is 1. The van der Waals surface area contributed by atoms with Crippen molar-refractivity contribution in [2.75, 3.05) is 13.1 Å². The monoisotopic (exact) mass is 288 g/mol. The van der Waals surface area contributed by atoms with Gasteiger partial charge in [0, 0.05) is 12.5 Å². The van der Waals surface area contributed by atoms with Crippen molar-refractivity contribution < 1.29 is 4.79 Å². The molecule has 3 unspecified atom stereocenters. The van der Waals surface area contributed by atoms with E-state index in [2.05, 4.69) is 24.5 Å². The second-order valence-corrected chi connectivity index (χ2v) is 6.44. The minimum Gasteiger partial charge on any atom is -0.354 e. The zero-order chi connectivity index (χ0) is 13.0. The Hall–Kier alpha value is -0.280. The van der Waals surface area contributed by atoms with Crippen LogP contribution in [0.15, 0.2) is 0 Å². The van der Waals surface area contributed by atoms with Gasteiger partial charge in [0.2, 0.25) is 5.91 Å². The lowest BCUT2D eigenvalue weighted by Gasteiger charge is -2.28. The zero-order valence-corrected chi connectivity index (χ0v) is 13.1. The lowest BCUT2D eigenvalue weighted by atomic mass is 9.85. The third-order valence-electron chi connectivity index (χ3n) is 4.44. The summed E-state index contributed by atoms with van der Waals surface area (Å²) in [7, 11) is 0. The molecule has 3 nitrogen and oxygen atoms in total. The summed E-state index contributed by atoms with van der Waals surface area (Å²) in [6, 6.07) is 0.363. The molecule has 4 heteroatoms. The van der Waals surface area contributed by atoms with Gasteiger partial charge in [-0.25, -0.2) is 0 Å². The first-order chi connectivity index (χ1) is 8.65. The lowest BCUT2D eigenvalue weighted by Crippen LogP contribution is -2.37. The summed E-state index contributed by atoms with van der Waals surface area (Å²) >= 11 is 0.